The molecule has 0 aliphatic rings. The second kappa shape index (κ2) is 8.73. The Morgan fingerprint density at radius 3 is 2.79 bits per heavy atom. The second-order valence-electron chi connectivity index (χ2n) is 5.78. The lowest BCUT2D eigenvalue weighted by atomic mass is 10.1. The minimum atomic E-state index is -0.454. The van der Waals surface area contributed by atoms with Crippen molar-refractivity contribution in [2.24, 2.45) is 0 Å². The van der Waals surface area contributed by atoms with Gasteiger partial charge in [-0.05, 0) is 42.8 Å². The van der Waals surface area contributed by atoms with E-state index in [-0.39, 0.29) is 6.61 Å². The number of esters is 1. The molecule has 0 saturated carbocycles. The van der Waals surface area contributed by atoms with Gasteiger partial charge in [0.25, 0.3) is 0 Å². The Balaban J connectivity index is 1.85. The first kappa shape index (κ1) is 19.0. The van der Waals surface area contributed by atoms with Crippen LogP contribution in [0.5, 0.6) is 11.5 Å². The molecule has 28 heavy (non-hydrogen) atoms. The molecule has 0 amide bonds. The van der Waals surface area contributed by atoms with Crippen LogP contribution in [-0.4, -0.2) is 36.3 Å². The predicted octanol–water partition coefficient (Wildman–Crippen LogP) is 3.58. The van der Waals surface area contributed by atoms with Crippen molar-refractivity contribution in [1.29, 1.82) is 5.26 Å². The Bertz CT molecular complexity index is 1030. The molecule has 0 spiro atoms. The van der Waals surface area contributed by atoms with E-state index in [0.29, 0.717) is 29.5 Å². The standard InChI is InChI=1S/C21H19N3O4/c1-3-27-20(25)13-28-18-9-8-14(11-19(18)26-2)10-15(12-22)21-23-16-6-4-5-7-17(16)24-21/h4-11H,3,13H2,1-2H3,(H,23,24)/b15-10+. The summed E-state index contributed by atoms with van der Waals surface area (Å²) in [6, 6.07) is 14.9. The maximum atomic E-state index is 11.5. The van der Waals surface area contributed by atoms with Gasteiger partial charge in [-0.25, -0.2) is 9.78 Å². The number of hydrogen-bond acceptors (Lipinski definition) is 6. The van der Waals surface area contributed by atoms with E-state index in [1.807, 2.05) is 24.3 Å². The van der Waals surface area contributed by atoms with E-state index in [2.05, 4.69) is 16.0 Å². The number of aromatic nitrogens is 2. The van der Waals surface area contributed by atoms with Gasteiger partial charge in [-0.15, -0.1) is 0 Å². The molecule has 0 unspecified atom stereocenters. The predicted molar refractivity (Wildman–Crippen MR) is 105 cm³/mol. The van der Waals surface area contributed by atoms with Gasteiger partial charge in [0.1, 0.15) is 11.9 Å². The van der Waals surface area contributed by atoms with Crippen LogP contribution in [-0.2, 0) is 9.53 Å². The summed E-state index contributed by atoms with van der Waals surface area (Å²) >= 11 is 0. The molecule has 3 aromatic rings. The molecule has 0 saturated heterocycles. The summed E-state index contributed by atoms with van der Waals surface area (Å²) in [7, 11) is 1.50. The van der Waals surface area contributed by atoms with E-state index in [1.165, 1.54) is 7.11 Å². The molecule has 1 aromatic heterocycles. The van der Waals surface area contributed by atoms with Gasteiger partial charge < -0.3 is 19.2 Å². The van der Waals surface area contributed by atoms with Gasteiger partial charge in [0.05, 0.1) is 30.3 Å². The number of nitriles is 1. The minimum absolute atomic E-state index is 0.207. The number of carbonyl (C=O) groups excluding carboxylic acids is 1. The van der Waals surface area contributed by atoms with Crippen LogP contribution in [0.3, 0.4) is 0 Å². The first-order valence-electron chi connectivity index (χ1n) is 8.68. The highest BCUT2D eigenvalue weighted by Gasteiger charge is 2.11. The van der Waals surface area contributed by atoms with Crippen molar-refractivity contribution in [1.82, 2.24) is 9.97 Å². The maximum Gasteiger partial charge on any atom is 0.344 e. The number of benzene rings is 2. The van der Waals surface area contributed by atoms with Crippen LogP contribution in [0.15, 0.2) is 42.5 Å². The fraction of sp³-hybridized carbons (Fsp3) is 0.190. The Kier molecular flexibility index (Phi) is 5.92. The normalized spacial score (nSPS) is 11.1. The smallest absolute Gasteiger partial charge is 0.344 e. The highest BCUT2D eigenvalue weighted by Crippen LogP contribution is 2.30. The van der Waals surface area contributed by atoms with Crippen LogP contribution in [0.1, 0.15) is 18.3 Å². The lowest BCUT2D eigenvalue weighted by Crippen LogP contribution is -2.14. The number of nitrogens with zero attached hydrogens (tertiary/aromatic N) is 2. The molecule has 0 radical (unpaired) electrons. The first-order valence-corrected chi connectivity index (χ1v) is 8.68. The second-order valence-corrected chi connectivity index (χ2v) is 5.78. The van der Waals surface area contributed by atoms with E-state index in [1.54, 1.807) is 31.2 Å². The SMILES string of the molecule is CCOC(=O)COc1ccc(/C=C(\C#N)c2nc3ccccc3[nH]2)cc1OC. The number of aromatic amines is 1. The summed E-state index contributed by atoms with van der Waals surface area (Å²) < 4.78 is 15.6. The van der Waals surface area contributed by atoms with Crippen LogP contribution >= 0.6 is 0 Å². The quantitative estimate of drug-likeness (QED) is 0.499. The van der Waals surface area contributed by atoms with Crippen molar-refractivity contribution in [2.75, 3.05) is 20.3 Å². The third-order valence-corrected chi connectivity index (χ3v) is 3.91. The molecule has 3 rings (SSSR count). The molecule has 7 nitrogen and oxygen atoms in total. The van der Waals surface area contributed by atoms with Crippen molar-refractivity contribution in [2.45, 2.75) is 6.92 Å². The highest BCUT2D eigenvalue weighted by atomic mass is 16.6. The number of nitrogens with one attached hydrogen (secondary N) is 1. The van der Waals surface area contributed by atoms with Gasteiger partial charge in [0.15, 0.2) is 18.1 Å². The van der Waals surface area contributed by atoms with Gasteiger partial charge in [-0.3, -0.25) is 0 Å². The summed E-state index contributed by atoms with van der Waals surface area (Å²) in [6.07, 6.45) is 1.70. The molecule has 1 heterocycles. The summed E-state index contributed by atoms with van der Waals surface area (Å²) in [4.78, 5) is 19.0. The maximum absolute atomic E-state index is 11.5. The largest absolute Gasteiger partial charge is 0.493 e. The number of rotatable bonds is 7. The fourth-order valence-corrected chi connectivity index (χ4v) is 2.63. The number of hydrogen-bond donors (Lipinski definition) is 1. The molecular formula is C21H19N3O4. The van der Waals surface area contributed by atoms with Crippen molar-refractivity contribution in [3.05, 3.63) is 53.9 Å². The lowest BCUT2D eigenvalue weighted by Gasteiger charge is -2.11. The third kappa shape index (κ3) is 4.30. The zero-order chi connectivity index (χ0) is 19.9. The molecule has 0 fully saturated rings. The van der Waals surface area contributed by atoms with Crippen molar-refractivity contribution in [3.63, 3.8) is 0 Å². The molecule has 1 N–H and O–H groups in total. The minimum Gasteiger partial charge on any atom is -0.493 e. The molecule has 0 aliphatic carbocycles. The number of ether oxygens (including phenoxy) is 3. The average Bonchev–Trinajstić information content (AvgIpc) is 3.15. The zero-order valence-electron chi connectivity index (χ0n) is 15.6. The van der Waals surface area contributed by atoms with Gasteiger partial charge >= 0.3 is 5.97 Å². The first-order chi connectivity index (χ1) is 13.6. The molecular weight excluding hydrogens is 358 g/mol. The monoisotopic (exact) mass is 377 g/mol. The number of carbonyl (C=O) groups is 1. The molecule has 0 aliphatic heterocycles. The summed E-state index contributed by atoms with van der Waals surface area (Å²) in [6.45, 7) is 1.82. The molecule has 142 valence electrons. The van der Waals surface area contributed by atoms with E-state index >= 15 is 0 Å². The zero-order valence-corrected chi connectivity index (χ0v) is 15.6. The van der Waals surface area contributed by atoms with Crippen molar-refractivity contribution >= 4 is 28.7 Å². The lowest BCUT2D eigenvalue weighted by molar-refractivity contribution is -0.145. The van der Waals surface area contributed by atoms with Crippen LogP contribution in [0, 0.1) is 11.3 Å². The van der Waals surface area contributed by atoms with Crippen LogP contribution in [0.25, 0.3) is 22.7 Å². The van der Waals surface area contributed by atoms with Crippen molar-refractivity contribution < 1.29 is 19.0 Å². The number of methoxy groups -OCH3 is 1. The Hall–Kier alpha value is -3.79. The van der Waals surface area contributed by atoms with Crippen LogP contribution < -0.4 is 9.47 Å². The highest BCUT2D eigenvalue weighted by molar-refractivity contribution is 5.90. The fourth-order valence-electron chi connectivity index (χ4n) is 2.63. The number of imidazole rings is 1. The van der Waals surface area contributed by atoms with E-state index in [4.69, 9.17) is 14.2 Å². The molecule has 2 aromatic carbocycles. The van der Waals surface area contributed by atoms with E-state index in [9.17, 15) is 10.1 Å². The van der Waals surface area contributed by atoms with Crippen LogP contribution in [0.2, 0.25) is 0 Å². The molecule has 7 heteroatoms. The summed E-state index contributed by atoms with van der Waals surface area (Å²) in [5, 5.41) is 9.56. The number of H-pyrrole nitrogens is 1. The van der Waals surface area contributed by atoms with Gasteiger partial charge in [0.2, 0.25) is 0 Å². The average molecular weight is 377 g/mol. The number of para-hydroxylation sites is 2. The number of fused-ring (bicyclic) bond motifs is 1. The van der Waals surface area contributed by atoms with Crippen molar-refractivity contribution in [3.8, 4) is 17.6 Å². The van der Waals surface area contributed by atoms with Gasteiger partial charge in [-0.1, -0.05) is 18.2 Å². The Morgan fingerprint density at radius 1 is 1.25 bits per heavy atom. The van der Waals surface area contributed by atoms with E-state index in [0.717, 1.165) is 16.6 Å². The summed E-state index contributed by atoms with van der Waals surface area (Å²) in [5.41, 5.74) is 2.77. The molecule has 0 atom stereocenters. The molecule has 0 bridgehead atoms. The van der Waals surface area contributed by atoms with E-state index < -0.39 is 5.97 Å². The Labute approximate surface area is 162 Å². The summed E-state index contributed by atoms with van der Waals surface area (Å²) in [5.74, 6) is 0.894. The third-order valence-electron chi connectivity index (χ3n) is 3.91. The Morgan fingerprint density at radius 2 is 2.07 bits per heavy atom. The van der Waals surface area contributed by atoms with Crippen LogP contribution in [0.4, 0.5) is 0 Å². The topological polar surface area (TPSA) is 97.2 Å². The van der Waals surface area contributed by atoms with Gasteiger partial charge in [-0.2, -0.15) is 5.26 Å². The van der Waals surface area contributed by atoms with Gasteiger partial charge in [0, 0.05) is 0 Å². The number of allylic oxidation sites excluding steroid dienone is 1.